The number of aliphatic hydroxyl groups is 1. The fourth-order valence-corrected chi connectivity index (χ4v) is 3.00. The Labute approximate surface area is 256 Å². The number of carbonyl (C=O) groups is 3. The van der Waals surface area contributed by atoms with Gasteiger partial charge in [0.2, 0.25) is 0 Å². The van der Waals surface area contributed by atoms with E-state index < -0.39 is 58.3 Å². The van der Waals surface area contributed by atoms with Crippen molar-refractivity contribution < 1.29 is 70.1 Å². The van der Waals surface area contributed by atoms with E-state index in [-0.39, 0.29) is 24.8 Å². The molecule has 0 spiro atoms. The summed E-state index contributed by atoms with van der Waals surface area (Å²) in [6, 6.07) is 7.69. The molecule has 2 rings (SSSR count). The molecule has 0 aliphatic rings. The Morgan fingerprint density at radius 3 is 2.02 bits per heavy atom. The van der Waals surface area contributed by atoms with Gasteiger partial charge in [0, 0.05) is 30.4 Å². The number of aliphatic carboxylic acids is 1. The van der Waals surface area contributed by atoms with Crippen molar-refractivity contribution in [2.75, 3.05) is 51.4 Å². The van der Waals surface area contributed by atoms with Gasteiger partial charge in [-0.1, -0.05) is 0 Å². The zero-order valence-electron chi connectivity index (χ0n) is 23.9. The Balaban J connectivity index is 0.00000135. The Hall–Kier alpha value is -4.53. The molecule has 0 aliphatic heterocycles. The van der Waals surface area contributed by atoms with Crippen molar-refractivity contribution in [3.63, 3.8) is 0 Å². The monoisotopic (exact) mass is 672 g/mol. The molecule has 0 radical (unpaired) electrons. The molecule has 0 aromatic heterocycles. The molecule has 0 heterocycles. The van der Waals surface area contributed by atoms with Gasteiger partial charge < -0.3 is 40.8 Å². The molecule has 2 aromatic rings. The van der Waals surface area contributed by atoms with Crippen molar-refractivity contribution in [2.24, 2.45) is 5.73 Å². The fraction of sp³-hybridized carbons (Fsp3) is 0.423. The van der Waals surface area contributed by atoms with E-state index in [0.717, 1.165) is 13.0 Å². The number of nitro benzene ring substituents is 1. The number of rotatable bonds is 15. The highest BCUT2D eigenvalue weighted by atomic mass is 19.4. The molecule has 0 unspecified atom stereocenters. The Morgan fingerprint density at radius 2 is 1.52 bits per heavy atom. The Bertz CT molecular complexity index is 1320. The van der Waals surface area contributed by atoms with Gasteiger partial charge in [0.15, 0.2) is 5.60 Å². The van der Waals surface area contributed by atoms with Crippen molar-refractivity contribution in [3.05, 3.63) is 63.7 Å². The minimum absolute atomic E-state index is 0.204. The van der Waals surface area contributed by atoms with Crippen LogP contribution in [0.25, 0.3) is 0 Å². The van der Waals surface area contributed by atoms with E-state index in [2.05, 4.69) is 10.6 Å². The van der Waals surface area contributed by atoms with Crippen LogP contribution in [0.5, 0.6) is 5.75 Å². The average Bonchev–Trinajstić information content (AvgIpc) is 2.97. The normalized spacial score (nSPS) is 12.6. The third kappa shape index (κ3) is 14.1. The number of ether oxygens (including phenoxy) is 3. The lowest BCUT2D eigenvalue weighted by atomic mass is 10.1. The standard InChI is InChI=1S/C24H29F3N4O8.C2HF3O2/c1-23(34,22(33)30-17-4-7-20(31(35)36)19(14-17)24(25,26)27)15-39-18-5-2-16(3-6-18)21(32)29-9-11-38-13-12-37-10-8-28;3-2(4,5)1(6)7/h2-7,14,34H,8-13,15,28H2,1H3,(H,29,32)(H,30,33);(H,6,7)/t23-;/m0./s1. The molecule has 14 nitrogen and oxygen atoms in total. The summed E-state index contributed by atoms with van der Waals surface area (Å²) in [5.41, 5.74) is 0.293. The third-order valence-electron chi connectivity index (χ3n) is 5.29. The molecule has 20 heteroatoms. The highest BCUT2D eigenvalue weighted by molar-refractivity contribution is 5.97. The summed E-state index contributed by atoms with van der Waals surface area (Å²) in [6.45, 7) is 2.68. The van der Waals surface area contributed by atoms with Gasteiger partial charge in [-0.25, -0.2) is 4.79 Å². The largest absolute Gasteiger partial charge is 0.490 e. The minimum atomic E-state index is -5.08. The molecule has 6 N–H and O–H groups in total. The Kier molecular flexibility index (Phi) is 15.3. The summed E-state index contributed by atoms with van der Waals surface area (Å²) >= 11 is 0. The van der Waals surface area contributed by atoms with E-state index in [4.69, 9.17) is 29.8 Å². The summed E-state index contributed by atoms with van der Waals surface area (Å²) in [6.07, 6.45) is -10.1. The lowest BCUT2D eigenvalue weighted by molar-refractivity contribution is -0.388. The Morgan fingerprint density at radius 1 is 0.957 bits per heavy atom. The van der Waals surface area contributed by atoms with Gasteiger partial charge in [-0.2, -0.15) is 26.3 Å². The van der Waals surface area contributed by atoms with Gasteiger partial charge in [-0.3, -0.25) is 19.7 Å². The summed E-state index contributed by atoms with van der Waals surface area (Å²) in [7, 11) is 0. The highest BCUT2D eigenvalue weighted by Crippen LogP contribution is 2.37. The van der Waals surface area contributed by atoms with Gasteiger partial charge >= 0.3 is 18.3 Å². The number of halogens is 6. The van der Waals surface area contributed by atoms with Crippen molar-refractivity contribution in [1.29, 1.82) is 0 Å². The molecule has 0 fully saturated rings. The maximum absolute atomic E-state index is 13.2. The van der Waals surface area contributed by atoms with Crippen molar-refractivity contribution in [3.8, 4) is 5.75 Å². The predicted molar refractivity (Wildman–Crippen MR) is 146 cm³/mol. The van der Waals surface area contributed by atoms with Crippen LogP contribution >= 0.6 is 0 Å². The second-order valence-electron chi connectivity index (χ2n) is 9.10. The van der Waals surface area contributed by atoms with E-state index in [9.17, 15) is 51.2 Å². The quantitative estimate of drug-likeness (QED) is 0.0803. The highest BCUT2D eigenvalue weighted by Gasteiger charge is 2.39. The van der Waals surface area contributed by atoms with E-state index in [1.54, 1.807) is 0 Å². The molecule has 256 valence electrons. The number of alkyl halides is 6. The van der Waals surface area contributed by atoms with Gasteiger partial charge in [0.25, 0.3) is 17.5 Å². The van der Waals surface area contributed by atoms with Gasteiger partial charge in [-0.05, 0) is 43.3 Å². The number of nitrogens with two attached hydrogens (primary N) is 1. The number of carboxylic acid groups (broad SMARTS) is 1. The summed E-state index contributed by atoms with van der Waals surface area (Å²) in [4.78, 5) is 43.2. The first-order chi connectivity index (χ1) is 21.3. The maximum Gasteiger partial charge on any atom is 0.490 e. The summed E-state index contributed by atoms with van der Waals surface area (Å²) in [5, 5.41) is 33.2. The number of hydrogen-bond donors (Lipinski definition) is 5. The number of hydrogen-bond acceptors (Lipinski definition) is 10. The van der Waals surface area contributed by atoms with Crippen LogP contribution in [0.4, 0.5) is 37.7 Å². The first kappa shape index (κ1) is 39.5. The topological polar surface area (TPSA) is 213 Å². The van der Waals surface area contributed by atoms with Gasteiger partial charge in [0.1, 0.15) is 17.9 Å². The second kappa shape index (κ2) is 17.8. The van der Waals surface area contributed by atoms with Crippen molar-refractivity contribution >= 4 is 29.2 Å². The first-order valence-corrected chi connectivity index (χ1v) is 12.9. The van der Waals surface area contributed by atoms with Crippen LogP contribution in [0.3, 0.4) is 0 Å². The molecule has 0 saturated carbocycles. The smallest absolute Gasteiger partial charge is 0.490 e. The molecule has 46 heavy (non-hydrogen) atoms. The van der Waals surface area contributed by atoms with E-state index >= 15 is 0 Å². The van der Waals surface area contributed by atoms with Crippen LogP contribution in [-0.2, 0) is 25.2 Å². The molecular weight excluding hydrogens is 642 g/mol. The number of carboxylic acids is 1. The number of nitro groups is 1. The SMILES string of the molecule is C[C@](O)(COc1ccc(C(=O)NCCOCCOCCN)cc1)C(=O)Nc1ccc([N+](=O)[O-])c(C(F)(F)F)c1.O=C(O)C(F)(F)F. The lowest BCUT2D eigenvalue weighted by Gasteiger charge is -2.23. The van der Waals surface area contributed by atoms with E-state index in [1.165, 1.54) is 24.3 Å². The van der Waals surface area contributed by atoms with Crippen LogP contribution in [-0.4, -0.2) is 90.8 Å². The van der Waals surface area contributed by atoms with Crippen molar-refractivity contribution in [1.82, 2.24) is 5.32 Å². The maximum atomic E-state index is 13.2. The van der Waals surface area contributed by atoms with E-state index in [0.29, 0.717) is 44.1 Å². The molecule has 2 aromatic carbocycles. The fourth-order valence-electron chi connectivity index (χ4n) is 3.00. The zero-order chi connectivity index (χ0) is 35.1. The number of carbonyl (C=O) groups excluding carboxylic acids is 2. The molecular formula is C26H30F6N4O10. The first-order valence-electron chi connectivity index (χ1n) is 12.9. The molecule has 0 aliphatic carbocycles. The molecule has 2 amide bonds. The van der Waals surface area contributed by atoms with Crippen LogP contribution in [0.2, 0.25) is 0 Å². The predicted octanol–water partition coefficient (Wildman–Crippen LogP) is 2.74. The van der Waals surface area contributed by atoms with Gasteiger partial charge in [0.05, 0.1) is 31.4 Å². The van der Waals surface area contributed by atoms with Crippen LogP contribution in [0.1, 0.15) is 22.8 Å². The van der Waals surface area contributed by atoms with E-state index in [1.807, 2.05) is 0 Å². The van der Waals surface area contributed by atoms with Crippen molar-refractivity contribution in [2.45, 2.75) is 24.9 Å². The number of anilines is 1. The lowest BCUT2D eigenvalue weighted by Crippen LogP contribution is -2.45. The number of nitrogens with zero attached hydrogens (tertiary/aromatic N) is 1. The number of amides is 2. The second-order valence-corrected chi connectivity index (χ2v) is 9.10. The summed E-state index contributed by atoms with van der Waals surface area (Å²) < 4.78 is 87.1. The van der Waals surface area contributed by atoms with Crippen LogP contribution in [0.15, 0.2) is 42.5 Å². The minimum Gasteiger partial charge on any atom is -0.490 e. The van der Waals surface area contributed by atoms with Crippen LogP contribution < -0.4 is 21.1 Å². The molecule has 0 saturated heterocycles. The molecule has 0 bridgehead atoms. The third-order valence-corrected chi connectivity index (χ3v) is 5.29. The summed E-state index contributed by atoms with van der Waals surface area (Å²) in [5.74, 6) is -4.02. The zero-order valence-corrected chi connectivity index (χ0v) is 23.9. The van der Waals surface area contributed by atoms with Crippen LogP contribution in [0, 0.1) is 10.1 Å². The molecule has 1 atom stereocenters. The average molecular weight is 673 g/mol. The van der Waals surface area contributed by atoms with Gasteiger partial charge in [-0.15, -0.1) is 0 Å². The number of nitrogens with one attached hydrogen (secondary N) is 2. The number of benzene rings is 2.